The zero-order valence-corrected chi connectivity index (χ0v) is 7.80. The van der Waals surface area contributed by atoms with Crippen molar-refractivity contribution in [1.82, 2.24) is 4.98 Å². The van der Waals surface area contributed by atoms with Gasteiger partial charge in [0.1, 0.15) is 5.82 Å². The molecule has 14 heavy (non-hydrogen) atoms. The number of aliphatic hydroxyl groups excluding tert-OH is 2. The van der Waals surface area contributed by atoms with Crippen molar-refractivity contribution < 1.29 is 10.2 Å². The molecule has 1 aromatic rings. The number of aliphatic hydroxyl groups is 2. The lowest BCUT2D eigenvalue weighted by molar-refractivity contribution is -0.00225. The molecule has 0 aliphatic carbocycles. The number of aromatic nitrogens is 1. The van der Waals surface area contributed by atoms with E-state index in [2.05, 4.69) is 11.1 Å². The normalized spacial score (nSPS) is 27.7. The molecule has 1 fully saturated rings. The van der Waals surface area contributed by atoms with E-state index >= 15 is 0 Å². The Bertz CT molecular complexity index is 291. The van der Waals surface area contributed by atoms with Gasteiger partial charge in [0, 0.05) is 18.8 Å². The lowest BCUT2D eigenvalue weighted by atomic mass is 10.1. The van der Waals surface area contributed by atoms with E-state index in [9.17, 15) is 10.2 Å². The van der Waals surface area contributed by atoms with Crippen molar-refractivity contribution in [3.8, 4) is 0 Å². The smallest absolute Gasteiger partial charge is 0.154 e. The number of anilines is 1. The monoisotopic (exact) mass is 193 g/mol. The Morgan fingerprint density at radius 3 is 3.07 bits per heavy atom. The fourth-order valence-electron chi connectivity index (χ4n) is 1.69. The molecule has 2 unspecified atom stereocenters. The minimum Gasteiger partial charge on any atom is -0.388 e. The van der Waals surface area contributed by atoms with E-state index in [1.54, 1.807) is 23.2 Å². The van der Waals surface area contributed by atoms with Crippen LogP contribution in [0.3, 0.4) is 0 Å². The Kier molecular flexibility index (Phi) is 2.65. The highest BCUT2D eigenvalue weighted by molar-refractivity contribution is 5.38. The maximum absolute atomic E-state index is 9.72. The molecule has 75 valence electrons. The Morgan fingerprint density at radius 1 is 1.50 bits per heavy atom. The van der Waals surface area contributed by atoms with Gasteiger partial charge in [-0.05, 0) is 25.0 Å². The third-order valence-corrected chi connectivity index (χ3v) is 2.46. The second-order valence-corrected chi connectivity index (χ2v) is 3.43. The molecule has 0 bridgehead atoms. The van der Waals surface area contributed by atoms with Gasteiger partial charge in [-0.2, -0.15) is 0 Å². The fourth-order valence-corrected chi connectivity index (χ4v) is 1.69. The van der Waals surface area contributed by atoms with Gasteiger partial charge in [-0.15, -0.1) is 0 Å². The Hall–Kier alpha value is -1.13. The zero-order valence-electron chi connectivity index (χ0n) is 7.80. The summed E-state index contributed by atoms with van der Waals surface area (Å²) in [6, 6.07) is 6.34. The van der Waals surface area contributed by atoms with Crippen LogP contribution in [-0.4, -0.2) is 34.1 Å². The molecule has 1 aliphatic heterocycles. The third kappa shape index (κ3) is 1.71. The Balaban J connectivity index is 2.17. The minimum absolute atomic E-state index is 0.649. The van der Waals surface area contributed by atoms with Crippen molar-refractivity contribution in [2.75, 3.05) is 11.4 Å². The van der Waals surface area contributed by atoms with E-state index in [-0.39, 0.29) is 0 Å². The second kappa shape index (κ2) is 3.94. The highest BCUT2D eigenvalue weighted by Crippen LogP contribution is 2.21. The highest BCUT2D eigenvalue weighted by Gasteiger charge is 2.28. The summed E-state index contributed by atoms with van der Waals surface area (Å²) in [6.07, 6.45) is 1.58. The zero-order chi connectivity index (χ0) is 9.97. The first-order chi connectivity index (χ1) is 6.79. The molecule has 4 nitrogen and oxygen atoms in total. The summed E-state index contributed by atoms with van der Waals surface area (Å²) < 4.78 is 0. The minimum atomic E-state index is -0.835. The number of piperidine rings is 1. The molecular formula is C10H13N2O2. The molecule has 1 radical (unpaired) electrons. The van der Waals surface area contributed by atoms with E-state index < -0.39 is 12.3 Å². The van der Waals surface area contributed by atoms with Crippen molar-refractivity contribution in [2.45, 2.75) is 25.2 Å². The van der Waals surface area contributed by atoms with Crippen LogP contribution in [0.25, 0.3) is 0 Å². The Morgan fingerprint density at radius 2 is 2.36 bits per heavy atom. The van der Waals surface area contributed by atoms with Gasteiger partial charge in [-0.1, -0.05) is 0 Å². The topological polar surface area (TPSA) is 56.6 Å². The average Bonchev–Trinajstić information content (AvgIpc) is 2.23. The molecule has 0 spiro atoms. The molecule has 2 heterocycles. The van der Waals surface area contributed by atoms with Gasteiger partial charge in [0.25, 0.3) is 0 Å². The summed E-state index contributed by atoms with van der Waals surface area (Å²) in [5, 5.41) is 19.2. The largest absolute Gasteiger partial charge is 0.388 e. The first-order valence-corrected chi connectivity index (χ1v) is 4.74. The van der Waals surface area contributed by atoms with E-state index in [1.807, 2.05) is 0 Å². The summed E-state index contributed by atoms with van der Waals surface area (Å²) >= 11 is 0. The standard InChI is InChI=1S/C10H13N2O2/c13-8-4-3-7-12(10(8)14)9-5-1-2-6-11-9/h1,5-6,8,10,13-14H,3-4,7H2. The van der Waals surface area contributed by atoms with E-state index in [4.69, 9.17) is 0 Å². The van der Waals surface area contributed by atoms with Crippen LogP contribution in [0.15, 0.2) is 18.3 Å². The summed E-state index contributed by atoms with van der Waals surface area (Å²) in [5.74, 6) is 0.690. The van der Waals surface area contributed by atoms with Crippen molar-refractivity contribution in [1.29, 1.82) is 0 Å². The number of pyridine rings is 1. The lowest BCUT2D eigenvalue weighted by Crippen LogP contribution is -2.48. The van der Waals surface area contributed by atoms with Crippen LogP contribution in [-0.2, 0) is 0 Å². The number of nitrogens with zero attached hydrogens (tertiary/aromatic N) is 2. The summed E-state index contributed by atoms with van der Waals surface area (Å²) in [7, 11) is 0. The van der Waals surface area contributed by atoms with Crippen LogP contribution in [0, 0.1) is 6.07 Å². The quantitative estimate of drug-likeness (QED) is 0.667. The van der Waals surface area contributed by atoms with Crippen molar-refractivity contribution >= 4 is 5.82 Å². The number of rotatable bonds is 1. The van der Waals surface area contributed by atoms with Gasteiger partial charge >= 0.3 is 0 Å². The predicted octanol–water partition coefficient (Wildman–Crippen LogP) is 0.161. The van der Waals surface area contributed by atoms with Crippen LogP contribution in [0.5, 0.6) is 0 Å². The van der Waals surface area contributed by atoms with Gasteiger partial charge in [0.05, 0.1) is 6.10 Å². The van der Waals surface area contributed by atoms with Crippen LogP contribution in [0.2, 0.25) is 0 Å². The molecule has 0 saturated carbocycles. The van der Waals surface area contributed by atoms with E-state index in [1.165, 1.54) is 0 Å². The van der Waals surface area contributed by atoms with Gasteiger partial charge < -0.3 is 15.1 Å². The first kappa shape index (κ1) is 9.43. The van der Waals surface area contributed by atoms with Gasteiger partial charge in [-0.3, -0.25) is 0 Å². The SMILES string of the molecule is OC1CCCN(c2cc[c]cn2)C1O. The molecule has 4 heteroatoms. The second-order valence-electron chi connectivity index (χ2n) is 3.43. The molecule has 0 aromatic carbocycles. The molecule has 2 rings (SSSR count). The molecule has 0 amide bonds. The van der Waals surface area contributed by atoms with Crippen molar-refractivity contribution in [3.05, 3.63) is 24.4 Å². The molecule has 1 aromatic heterocycles. The Labute approximate surface area is 82.8 Å². The molecule has 2 N–H and O–H groups in total. The summed E-state index contributed by atoms with van der Waals surface area (Å²) in [6.45, 7) is 0.731. The molecule has 1 aliphatic rings. The summed E-state index contributed by atoms with van der Waals surface area (Å²) in [4.78, 5) is 5.80. The summed E-state index contributed by atoms with van der Waals surface area (Å²) in [5.41, 5.74) is 0. The van der Waals surface area contributed by atoms with Crippen molar-refractivity contribution in [3.63, 3.8) is 0 Å². The third-order valence-electron chi connectivity index (χ3n) is 2.46. The van der Waals surface area contributed by atoms with Gasteiger partial charge in [0.15, 0.2) is 6.23 Å². The predicted molar refractivity (Wildman–Crippen MR) is 51.7 cm³/mol. The maximum Gasteiger partial charge on any atom is 0.154 e. The molecule has 1 saturated heterocycles. The number of hydrogen-bond acceptors (Lipinski definition) is 4. The van der Waals surface area contributed by atoms with Crippen LogP contribution in [0.1, 0.15) is 12.8 Å². The fraction of sp³-hybridized carbons (Fsp3) is 0.500. The maximum atomic E-state index is 9.72. The van der Waals surface area contributed by atoms with Crippen molar-refractivity contribution in [2.24, 2.45) is 0 Å². The first-order valence-electron chi connectivity index (χ1n) is 4.74. The number of hydrogen-bond donors (Lipinski definition) is 2. The lowest BCUT2D eigenvalue weighted by Gasteiger charge is -2.36. The van der Waals surface area contributed by atoms with E-state index in [0.717, 1.165) is 13.0 Å². The molecular weight excluding hydrogens is 180 g/mol. The van der Waals surface area contributed by atoms with Crippen LogP contribution in [0.4, 0.5) is 5.82 Å². The molecule has 2 atom stereocenters. The van der Waals surface area contributed by atoms with E-state index in [0.29, 0.717) is 12.2 Å². The average molecular weight is 193 g/mol. The van der Waals surface area contributed by atoms with Crippen LogP contribution >= 0.6 is 0 Å². The van der Waals surface area contributed by atoms with Crippen LogP contribution < -0.4 is 4.90 Å². The van der Waals surface area contributed by atoms with Gasteiger partial charge in [0.2, 0.25) is 0 Å². The van der Waals surface area contributed by atoms with Gasteiger partial charge in [-0.25, -0.2) is 4.98 Å². The highest BCUT2D eigenvalue weighted by atomic mass is 16.3.